The van der Waals surface area contributed by atoms with Crippen molar-refractivity contribution in [2.75, 3.05) is 11.5 Å². The van der Waals surface area contributed by atoms with E-state index < -0.39 is 15.8 Å². The number of thioether (sulfide) groups is 1. The minimum atomic E-state index is -3.24. The highest BCUT2D eigenvalue weighted by Gasteiger charge is 2.44. The van der Waals surface area contributed by atoms with Crippen LogP contribution in [-0.2, 0) is 14.6 Å². The van der Waals surface area contributed by atoms with E-state index in [0.29, 0.717) is 10.6 Å². The molecule has 1 aromatic carbocycles. The van der Waals surface area contributed by atoms with Crippen LogP contribution in [0.4, 0.5) is 0 Å². The van der Waals surface area contributed by atoms with E-state index in [0.717, 1.165) is 17.7 Å². The van der Waals surface area contributed by atoms with Crippen molar-refractivity contribution in [3.05, 3.63) is 24.3 Å². The maximum Gasteiger partial charge on any atom is 0.303 e. The second-order valence-corrected chi connectivity index (χ2v) is 8.47. The Morgan fingerprint density at radius 3 is 2.55 bits per heavy atom. The third kappa shape index (κ3) is 3.55. The quantitative estimate of drug-likeness (QED) is 0.784. The third-order valence-corrected chi connectivity index (χ3v) is 6.92. The van der Waals surface area contributed by atoms with Crippen LogP contribution in [0.3, 0.4) is 0 Å². The molecule has 2 rings (SSSR count). The first-order chi connectivity index (χ1) is 9.38. The Balaban J connectivity index is 2.13. The van der Waals surface area contributed by atoms with Gasteiger partial charge in [0.25, 0.3) is 0 Å². The number of hydrogen-bond acceptors (Lipinski definition) is 4. The van der Waals surface area contributed by atoms with Crippen LogP contribution in [0.2, 0.25) is 0 Å². The number of sulfone groups is 1. The molecule has 4 nitrogen and oxygen atoms in total. The molecule has 1 aliphatic carbocycles. The van der Waals surface area contributed by atoms with E-state index in [-0.39, 0.29) is 17.6 Å². The average Bonchev–Trinajstić information content (AvgIpc) is 3.16. The van der Waals surface area contributed by atoms with Crippen molar-refractivity contribution in [1.29, 1.82) is 0 Å². The van der Waals surface area contributed by atoms with Crippen LogP contribution in [0.5, 0.6) is 0 Å². The number of aliphatic carboxylic acids is 1. The summed E-state index contributed by atoms with van der Waals surface area (Å²) in [4.78, 5) is 11.9. The fraction of sp³-hybridized carbons (Fsp3) is 0.500. The van der Waals surface area contributed by atoms with Crippen molar-refractivity contribution >= 4 is 27.6 Å². The van der Waals surface area contributed by atoms with Crippen molar-refractivity contribution in [3.63, 3.8) is 0 Å². The first-order valence-electron chi connectivity index (χ1n) is 6.55. The van der Waals surface area contributed by atoms with Crippen molar-refractivity contribution in [1.82, 2.24) is 0 Å². The maximum absolute atomic E-state index is 12.0. The van der Waals surface area contributed by atoms with Gasteiger partial charge >= 0.3 is 5.97 Å². The zero-order valence-corrected chi connectivity index (χ0v) is 13.0. The van der Waals surface area contributed by atoms with Gasteiger partial charge in [0.1, 0.15) is 0 Å². The summed E-state index contributed by atoms with van der Waals surface area (Å²) in [5.41, 5.74) is -0.139. The highest BCUT2D eigenvalue weighted by atomic mass is 32.2. The zero-order chi connectivity index (χ0) is 14.8. The molecule has 0 radical (unpaired) electrons. The summed E-state index contributed by atoms with van der Waals surface area (Å²) in [6, 6.07) is 6.95. The summed E-state index contributed by atoms with van der Waals surface area (Å²) < 4.78 is 24.1. The van der Waals surface area contributed by atoms with E-state index in [2.05, 4.69) is 0 Å². The van der Waals surface area contributed by atoms with Gasteiger partial charge in [-0.1, -0.05) is 19.1 Å². The molecule has 0 atom stereocenters. The minimum Gasteiger partial charge on any atom is -0.481 e. The van der Waals surface area contributed by atoms with Crippen molar-refractivity contribution in [2.45, 2.75) is 36.0 Å². The van der Waals surface area contributed by atoms with Gasteiger partial charge in [0.2, 0.25) is 0 Å². The summed E-state index contributed by atoms with van der Waals surface area (Å²) in [5.74, 6) is -0.0435. The molecule has 1 aromatic rings. The molecular formula is C14H18O4S2. The second-order valence-electron chi connectivity index (χ2n) is 5.21. The van der Waals surface area contributed by atoms with Gasteiger partial charge in [0, 0.05) is 10.6 Å². The molecule has 0 saturated heterocycles. The summed E-state index contributed by atoms with van der Waals surface area (Å²) in [5, 5.41) is 8.90. The number of hydrogen-bond donors (Lipinski definition) is 1. The van der Waals surface area contributed by atoms with Gasteiger partial charge in [-0.15, -0.1) is 11.8 Å². The van der Waals surface area contributed by atoms with Crippen molar-refractivity contribution < 1.29 is 18.3 Å². The lowest BCUT2D eigenvalue weighted by molar-refractivity contribution is -0.138. The topological polar surface area (TPSA) is 71.4 Å². The Morgan fingerprint density at radius 2 is 2.00 bits per heavy atom. The van der Waals surface area contributed by atoms with Gasteiger partial charge in [-0.05, 0) is 30.4 Å². The zero-order valence-electron chi connectivity index (χ0n) is 11.3. The Morgan fingerprint density at radius 1 is 1.35 bits per heavy atom. The van der Waals surface area contributed by atoms with Gasteiger partial charge in [-0.2, -0.15) is 0 Å². The molecule has 1 aliphatic rings. The minimum absolute atomic E-state index is 0.0742. The summed E-state index contributed by atoms with van der Waals surface area (Å²) in [6.45, 7) is 1.63. The van der Waals surface area contributed by atoms with Crippen LogP contribution >= 0.6 is 11.8 Å². The highest BCUT2D eigenvalue weighted by Crippen LogP contribution is 2.52. The molecule has 110 valence electrons. The predicted molar refractivity (Wildman–Crippen MR) is 78.8 cm³/mol. The van der Waals surface area contributed by atoms with Crippen molar-refractivity contribution in [2.24, 2.45) is 5.41 Å². The van der Waals surface area contributed by atoms with Gasteiger partial charge < -0.3 is 5.11 Å². The lowest BCUT2D eigenvalue weighted by atomic mass is 10.1. The smallest absolute Gasteiger partial charge is 0.303 e. The number of benzene rings is 1. The average molecular weight is 314 g/mol. The molecule has 0 heterocycles. The van der Waals surface area contributed by atoms with Gasteiger partial charge in [-0.3, -0.25) is 4.79 Å². The molecular weight excluding hydrogens is 296 g/mol. The van der Waals surface area contributed by atoms with E-state index in [4.69, 9.17) is 5.11 Å². The van der Waals surface area contributed by atoms with E-state index in [1.807, 2.05) is 6.07 Å². The molecule has 1 fully saturated rings. The second kappa shape index (κ2) is 5.77. The summed E-state index contributed by atoms with van der Waals surface area (Å²) in [6.07, 6.45) is 1.99. The predicted octanol–water partition coefficient (Wildman–Crippen LogP) is 2.83. The van der Waals surface area contributed by atoms with E-state index in [9.17, 15) is 13.2 Å². The fourth-order valence-corrected chi connectivity index (χ4v) is 4.85. The van der Waals surface area contributed by atoms with Crippen LogP contribution in [0.25, 0.3) is 0 Å². The Hall–Kier alpha value is -1.01. The largest absolute Gasteiger partial charge is 0.481 e. The Kier molecular flexibility index (Phi) is 4.44. The summed E-state index contributed by atoms with van der Waals surface area (Å²) >= 11 is 1.46. The summed E-state index contributed by atoms with van der Waals surface area (Å²) in [7, 11) is -3.24. The van der Waals surface area contributed by atoms with Crippen LogP contribution in [0.15, 0.2) is 34.1 Å². The lowest BCUT2D eigenvalue weighted by Gasteiger charge is -2.14. The van der Waals surface area contributed by atoms with Crippen LogP contribution in [0, 0.1) is 5.41 Å². The molecule has 0 spiro atoms. The fourth-order valence-electron chi connectivity index (χ4n) is 2.08. The molecule has 0 aromatic heterocycles. The normalized spacial score (nSPS) is 16.9. The number of carboxylic acids is 1. The van der Waals surface area contributed by atoms with Gasteiger partial charge in [0.15, 0.2) is 9.84 Å². The molecule has 0 bridgehead atoms. The molecule has 0 amide bonds. The number of rotatable bonds is 7. The first kappa shape index (κ1) is 15.4. The molecule has 1 N–H and O–H groups in total. The monoisotopic (exact) mass is 314 g/mol. The molecule has 0 aliphatic heterocycles. The van der Waals surface area contributed by atoms with E-state index in [1.54, 1.807) is 25.1 Å². The van der Waals surface area contributed by atoms with E-state index >= 15 is 0 Å². The molecule has 6 heteroatoms. The standard InChI is InChI=1S/C14H18O4S2/c1-2-20(17,18)12-6-4-3-5-11(12)19-10-14(7-8-14)9-13(15)16/h3-6H,2,7-10H2,1H3,(H,15,16). The number of carboxylic acid groups (broad SMARTS) is 1. The number of carbonyl (C=O) groups is 1. The van der Waals surface area contributed by atoms with Crippen molar-refractivity contribution in [3.8, 4) is 0 Å². The maximum atomic E-state index is 12.0. The molecule has 1 saturated carbocycles. The van der Waals surface area contributed by atoms with Crippen LogP contribution in [-0.4, -0.2) is 31.0 Å². The Bertz CT molecular complexity index is 603. The highest BCUT2D eigenvalue weighted by molar-refractivity contribution is 8.00. The third-order valence-electron chi connectivity index (χ3n) is 3.58. The van der Waals surface area contributed by atoms with Gasteiger partial charge in [0.05, 0.1) is 17.1 Å². The Labute approximate surface area is 123 Å². The lowest BCUT2D eigenvalue weighted by Crippen LogP contribution is -2.11. The van der Waals surface area contributed by atoms with Crippen LogP contribution in [0.1, 0.15) is 26.2 Å². The van der Waals surface area contributed by atoms with Crippen LogP contribution < -0.4 is 0 Å². The van der Waals surface area contributed by atoms with E-state index in [1.165, 1.54) is 11.8 Å². The SMILES string of the molecule is CCS(=O)(=O)c1ccccc1SCC1(CC(=O)O)CC1. The molecule has 20 heavy (non-hydrogen) atoms. The first-order valence-corrected chi connectivity index (χ1v) is 9.19. The van der Waals surface area contributed by atoms with Gasteiger partial charge in [-0.25, -0.2) is 8.42 Å². The molecule has 0 unspecified atom stereocenters.